The number of hydrogen-bond donors (Lipinski definition) is 1. The Hall–Kier alpha value is -2.40. The number of nitrogens with zero attached hydrogens (tertiary/aromatic N) is 1. The van der Waals surface area contributed by atoms with Crippen LogP contribution in [0.3, 0.4) is 0 Å². The van der Waals surface area contributed by atoms with E-state index in [2.05, 4.69) is 0 Å². The SMILES string of the molecule is CN(CCCOc1ccc(F)cc1)C(C(N)=O)c1ccccc1. The molecule has 5 heteroatoms. The van der Waals surface area contributed by atoms with Gasteiger partial charge in [0.05, 0.1) is 6.61 Å². The smallest absolute Gasteiger partial charge is 0.239 e. The highest BCUT2D eigenvalue weighted by Gasteiger charge is 2.22. The Labute approximate surface area is 135 Å². The minimum atomic E-state index is -0.456. The molecule has 2 N–H and O–H groups in total. The lowest BCUT2D eigenvalue weighted by Crippen LogP contribution is -2.36. The molecule has 0 heterocycles. The van der Waals surface area contributed by atoms with E-state index in [-0.39, 0.29) is 11.7 Å². The number of primary amides is 1. The van der Waals surface area contributed by atoms with Crippen LogP contribution in [0.2, 0.25) is 0 Å². The number of benzene rings is 2. The number of carbonyl (C=O) groups excluding carboxylic acids is 1. The summed E-state index contributed by atoms with van der Waals surface area (Å²) in [6, 6.07) is 14.9. The van der Waals surface area contributed by atoms with Crippen LogP contribution in [0.4, 0.5) is 4.39 Å². The molecule has 23 heavy (non-hydrogen) atoms. The number of nitrogens with two attached hydrogens (primary N) is 1. The first-order valence-corrected chi connectivity index (χ1v) is 7.51. The van der Waals surface area contributed by atoms with Crippen molar-refractivity contribution in [3.8, 4) is 5.75 Å². The van der Waals surface area contributed by atoms with Crippen LogP contribution in [-0.4, -0.2) is 31.0 Å². The average molecular weight is 316 g/mol. The van der Waals surface area contributed by atoms with Crippen molar-refractivity contribution in [3.05, 3.63) is 66.0 Å². The van der Waals surface area contributed by atoms with E-state index >= 15 is 0 Å². The summed E-state index contributed by atoms with van der Waals surface area (Å²) < 4.78 is 18.3. The predicted octanol–water partition coefficient (Wildman–Crippen LogP) is 2.75. The summed E-state index contributed by atoms with van der Waals surface area (Å²) in [5.74, 6) is -0.0361. The van der Waals surface area contributed by atoms with Crippen LogP contribution < -0.4 is 10.5 Å². The number of carbonyl (C=O) groups is 1. The van der Waals surface area contributed by atoms with Crippen LogP contribution >= 0.6 is 0 Å². The lowest BCUT2D eigenvalue weighted by molar-refractivity contribution is -0.123. The second kappa shape index (κ2) is 8.29. The quantitative estimate of drug-likeness (QED) is 0.762. The second-order valence-electron chi connectivity index (χ2n) is 5.35. The number of likely N-dealkylation sites (N-methyl/N-ethyl adjacent to an activating group) is 1. The van der Waals surface area contributed by atoms with Gasteiger partial charge >= 0.3 is 0 Å². The molecular formula is C18H21FN2O2. The zero-order chi connectivity index (χ0) is 16.7. The molecule has 122 valence electrons. The molecule has 0 aliphatic heterocycles. The van der Waals surface area contributed by atoms with Crippen LogP contribution in [0.5, 0.6) is 5.75 Å². The Kier molecular flexibility index (Phi) is 6.11. The Morgan fingerprint density at radius 1 is 1.17 bits per heavy atom. The Bertz CT molecular complexity index is 617. The summed E-state index contributed by atoms with van der Waals surface area (Å²) in [5, 5.41) is 0. The minimum absolute atomic E-state index is 0.288. The Morgan fingerprint density at radius 2 is 1.83 bits per heavy atom. The highest BCUT2D eigenvalue weighted by Crippen LogP contribution is 2.19. The van der Waals surface area contributed by atoms with Crippen LogP contribution in [0.15, 0.2) is 54.6 Å². The number of hydrogen-bond acceptors (Lipinski definition) is 3. The molecule has 0 aliphatic carbocycles. The third kappa shape index (κ3) is 5.07. The van der Waals surface area contributed by atoms with Crippen molar-refractivity contribution < 1.29 is 13.9 Å². The van der Waals surface area contributed by atoms with Gasteiger partial charge in [0.25, 0.3) is 0 Å². The number of amides is 1. The molecule has 2 aromatic rings. The van der Waals surface area contributed by atoms with Crippen molar-refractivity contribution in [3.63, 3.8) is 0 Å². The molecule has 2 aromatic carbocycles. The number of ether oxygens (including phenoxy) is 1. The lowest BCUT2D eigenvalue weighted by Gasteiger charge is -2.25. The zero-order valence-corrected chi connectivity index (χ0v) is 13.1. The van der Waals surface area contributed by atoms with Gasteiger partial charge in [-0.25, -0.2) is 4.39 Å². The van der Waals surface area contributed by atoms with Crippen LogP contribution in [0.1, 0.15) is 18.0 Å². The molecule has 1 amide bonds. The van der Waals surface area contributed by atoms with Gasteiger partial charge in [-0.15, -0.1) is 0 Å². The van der Waals surface area contributed by atoms with Gasteiger partial charge in [-0.05, 0) is 43.3 Å². The van der Waals surface area contributed by atoms with Gasteiger partial charge < -0.3 is 10.5 Å². The third-order valence-corrected chi connectivity index (χ3v) is 3.56. The lowest BCUT2D eigenvalue weighted by atomic mass is 10.1. The molecule has 0 saturated carbocycles. The van der Waals surface area contributed by atoms with Gasteiger partial charge in [0.1, 0.15) is 17.6 Å². The van der Waals surface area contributed by atoms with Gasteiger partial charge in [0.2, 0.25) is 5.91 Å². The molecule has 0 saturated heterocycles. The van der Waals surface area contributed by atoms with E-state index in [0.717, 1.165) is 12.0 Å². The zero-order valence-electron chi connectivity index (χ0n) is 13.1. The predicted molar refractivity (Wildman–Crippen MR) is 87.5 cm³/mol. The molecular weight excluding hydrogens is 295 g/mol. The molecule has 0 radical (unpaired) electrons. The Morgan fingerprint density at radius 3 is 2.43 bits per heavy atom. The first-order chi connectivity index (χ1) is 11.1. The van der Waals surface area contributed by atoms with E-state index in [1.54, 1.807) is 12.1 Å². The van der Waals surface area contributed by atoms with Gasteiger partial charge in [0.15, 0.2) is 0 Å². The van der Waals surface area contributed by atoms with Gasteiger partial charge in [-0.3, -0.25) is 9.69 Å². The highest BCUT2D eigenvalue weighted by molar-refractivity contribution is 5.81. The van der Waals surface area contributed by atoms with Gasteiger partial charge in [-0.1, -0.05) is 30.3 Å². The maximum atomic E-state index is 12.8. The molecule has 0 bridgehead atoms. The maximum Gasteiger partial charge on any atom is 0.239 e. The van der Waals surface area contributed by atoms with E-state index in [4.69, 9.17) is 10.5 Å². The second-order valence-corrected chi connectivity index (χ2v) is 5.35. The van der Waals surface area contributed by atoms with Crippen molar-refractivity contribution in [1.82, 2.24) is 4.90 Å². The summed E-state index contributed by atoms with van der Waals surface area (Å²) in [5.41, 5.74) is 6.41. The van der Waals surface area contributed by atoms with Gasteiger partial charge in [0, 0.05) is 6.54 Å². The maximum absolute atomic E-state index is 12.8. The normalized spacial score (nSPS) is 12.1. The monoisotopic (exact) mass is 316 g/mol. The summed E-state index contributed by atoms with van der Waals surface area (Å²) in [6.45, 7) is 1.14. The molecule has 0 spiro atoms. The summed E-state index contributed by atoms with van der Waals surface area (Å²) in [7, 11) is 1.86. The van der Waals surface area contributed by atoms with Crippen molar-refractivity contribution in [1.29, 1.82) is 0 Å². The van der Waals surface area contributed by atoms with Crippen molar-refractivity contribution >= 4 is 5.91 Å². The summed E-state index contributed by atoms with van der Waals surface area (Å²) in [4.78, 5) is 13.6. The minimum Gasteiger partial charge on any atom is -0.494 e. The van der Waals surface area contributed by atoms with E-state index in [1.807, 2.05) is 42.3 Å². The topological polar surface area (TPSA) is 55.6 Å². The molecule has 0 fully saturated rings. The molecule has 1 atom stereocenters. The number of halogens is 1. The van der Waals surface area contributed by atoms with E-state index in [1.165, 1.54) is 12.1 Å². The number of rotatable bonds is 8. The summed E-state index contributed by atoms with van der Waals surface area (Å²) >= 11 is 0. The van der Waals surface area contributed by atoms with Crippen LogP contribution in [-0.2, 0) is 4.79 Å². The van der Waals surface area contributed by atoms with E-state index in [9.17, 15) is 9.18 Å². The summed E-state index contributed by atoms with van der Waals surface area (Å²) in [6.07, 6.45) is 0.727. The third-order valence-electron chi connectivity index (χ3n) is 3.56. The van der Waals surface area contributed by atoms with Gasteiger partial charge in [-0.2, -0.15) is 0 Å². The average Bonchev–Trinajstić information content (AvgIpc) is 2.54. The fourth-order valence-corrected chi connectivity index (χ4v) is 2.44. The largest absolute Gasteiger partial charge is 0.494 e. The van der Waals surface area contributed by atoms with Crippen molar-refractivity contribution in [2.24, 2.45) is 5.73 Å². The fraction of sp³-hybridized carbons (Fsp3) is 0.278. The first kappa shape index (κ1) is 17.0. The molecule has 2 rings (SSSR count). The first-order valence-electron chi connectivity index (χ1n) is 7.51. The van der Waals surface area contributed by atoms with Crippen LogP contribution in [0, 0.1) is 5.82 Å². The van der Waals surface area contributed by atoms with Crippen molar-refractivity contribution in [2.75, 3.05) is 20.2 Å². The molecule has 4 nitrogen and oxygen atoms in total. The Balaban J connectivity index is 1.84. The highest BCUT2D eigenvalue weighted by atomic mass is 19.1. The standard InChI is InChI=1S/C18H21FN2O2/c1-21(17(18(20)22)14-6-3-2-4-7-14)12-5-13-23-16-10-8-15(19)9-11-16/h2-4,6-11,17H,5,12-13H2,1H3,(H2,20,22). The molecule has 1 unspecified atom stereocenters. The fourth-order valence-electron chi connectivity index (χ4n) is 2.44. The van der Waals surface area contributed by atoms with E-state index in [0.29, 0.717) is 18.9 Å². The molecule has 0 aromatic heterocycles. The molecule has 0 aliphatic rings. The van der Waals surface area contributed by atoms with Crippen LogP contribution in [0.25, 0.3) is 0 Å². The van der Waals surface area contributed by atoms with E-state index < -0.39 is 6.04 Å². The van der Waals surface area contributed by atoms with Crippen molar-refractivity contribution in [2.45, 2.75) is 12.5 Å².